The maximum Gasteiger partial charge on any atom is 0.0626 e. The second-order valence-electron chi connectivity index (χ2n) is 6.22. The van der Waals surface area contributed by atoms with Crippen molar-refractivity contribution in [3.63, 3.8) is 0 Å². The number of aliphatic hydroxyl groups is 1. The van der Waals surface area contributed by atoms with Gasteiger partial charge in [-0.15, -0.1) is 0 Å². The molecule has 1 aliphatic rings. The summed E-state index contributed by atoms with van der Waals surface area (Å²) >= 11 is 0. The second kappa shape index (κ2) is 8.20. The molecular formula is C19H25N3O. The molecule has 0 amide bonds. The Labute approximate surface area is 138 Å². The fourth-order valence-electron chi connectivity index (χ4n) is 3.23. The Bertz CT molecular complexity index is 568. The smallest absolute Gasteiger partial charge is 0.0626 e. The molecule has 2 aromatic rings. The highest BCUT2D eigenvalue weighted by molar-refractivity contribution is 5.19. The quantitative estimate of drug-likeness (QED) is 0.860. The van der Waals surface area contributed by atoms with Crippen LogP contribution in [0, 0.1) is 0 Å². The summed E-state index contributed by atoms with van der Waals surface area (Å²) in [5.41, 5.74) is 2.48. The van der Waals surface area contributed by atoms with E-state index < -0.39 is 0 Å². The molecule has 1 fully saturated rings. The predicted molar refractivity (Wildman–Crippen MR) is 91.9 cm³/mol. The van der Waals surface area contributed by atoms with E-state index in [0.29, 0.717) is 6.04 Å². The van der Waals surface area contributed by atoms with Gasteiger partial charge in [0.15, 0.2) is 0 Å². The van der Waals surface area contributed by atoms with E-state index in [4.69, 9.17) is 0 Å². The first kappa shape index (κ1) is 16.1. The highest BCUT2D eigenvalue weighted by atomic mass is 16.3. The molecule has 2 N–H and O–H groups in total. The third-order valence-corrected chi connectivity index (χ3v) is 4.56. The molecule has 1 aromatic carbocycles. The number of pyridine rings is 1. The van der Waals surface area contributed by atoms with Crippen molar-refractivity contribution in [2.75, 3.05) is 19.7 Å². The fraction of sp³-hybridized carbons (Fsp3) is 0.421. The maximum atomic E-state index is 9.68. The van der Waals surface area contributed by atoms with Gasteiger partial charge in [-0.3, -0.25) is 9.88 Å². The van der Waals surface area contributed by atoms with Crippen molar-refractivity contribution in [2.45, 2.75) is 31.5 Å². The number of aromatic nitrogens is 1. The minimum absolute atomic E-state index is 0.0351. The van der Waals surface area contributed by atoms with E-state index in [1.807, 2.05) is 30.6 Å². The molecule has 0 aliphatic carbocycles. The average molecular weight is 311 g/mol. The lowest BCUT2D eigenvalue weighted by atomic mass is 10.0. The van der Waals surface area contributed by atoms with Crippen molar-refractivity contribution >= 4 is 0 Å². The van der Waals surface area contributed by atoms with Crippen LogP contribution in [0.1, 0.15) is 30.0 Å². The number of benzene rings is 1. The molecular weight excluding hydrogens is 286 g/mol. The zero-order chi connectivity index (χ0) is 15.9. The molecule has 1 saturated heterocycles. The summed E-state index contributed by atoms with van der Waals surface area (Å²) in [6, 6.07) is 14.9. The lowest BCUT2D eigenvalue weighted by Crippen LogP contribution is -2.44. The van der Waals surface area contributed by atoms with Crippen LogP contribution in [0.25, 0.3) is 0 Å². The van der Waals surface area contributed by atoms with Gasteiger partial charge in [0.05, 0.1) is 12.6 Å². The molecule has 0 radical (unpaired) electrons. The number of piperidine rings is 1. The van der Waals surface area contributed by atoms with Crippen LogP contribution in [0.3, 0.4) is 0 Å². The Kier molecular flexibility index (Phi) is 5.75. The summed E-state index contributed by atoms with van der Waals surface area (Å²) in [5.74, 6) is 0. The summed E-state index contributed by atoms with van der Waals surface area (Å²) < 4.78 is 0. The van der Waals surface area contributed by atoms with Crippen LogP contribution in [0.2, 0.25) is 0 Å². The number of hydrogen-bond acceptors (Lipinski definition) is 4. The zero-order valence-corrected chi connectivity index (χ0v) is 13.4. The van der Waals surface area contributed by atoms with Crippen molar-refractivity contribution in [1.82, 2.24) is 15.2 Å². The van der Waals surface area contributed by atoms with E-state index in [0.717, 1.165) is 38.0 Å². The first-order valence-corrected chi connectivity index (χ1v) is 8.38. The lowest BCUT2D eigenvalue weighted by molar-refractivity contribution is 0.167. The standard InChI is InChI=1S/C19H25N3O/c23-15-19(17-4-2-1-3-5-17)21-18-8-12-22(13-9-18)14-16-6-10-20-11-7-16/h1-7,10-11,18-19,21,23H,8-9,12-15H2. The van der Waals surface area contributed by atoms with Gasteiger partial charge < -0.3 is 10.4 Å². The number of aliphatic hydroxyl groups excluding tert-OH is 1. The predicted octanol–water partition coefficient (Wildman–Crippen LogP) is 2.37. The van der Waals surface area contributed by atoms with Crippen molar-refractivity contribution in [3.8, 4) is 0 Å². The SMILES string of the molecule is OCC(NC1CCN(Cc2ccncc2)CC1)c1ccccc1. The van der Waals surface area contributed by atoms with Crippen LogP contribution in [-0.4, -0.2) is 40.7 Å². The first-order valence-electron chi connectivity index (χ1n) is 8.38. The van der Waals surface area contributed by atoms with Crippen LogP contribution in [-0.2, 0) is 6.54 Å². The van der Waals surface area contributed by atoms with Crippen molar-refractivity contribution < 1.29 is 5.11 Å². The van der Waals surface area contributed by atoms with Gasteiger partial charge in [-0.25, -0.2) is 0 Å². The Hall–Kier alpha value is -1.75. The number of nitrogens with one attached hydrogen (secondary N) is 1. The molecule has 4 nitrogen and oxygen atoms in total. The van der Waals surface area contributed by atoms with Gasteiger partial charge >= 0.3 is 0 Å². The Morgan fingerprint density at radius 2 is 1.78 bits per heavy atom. The number of likely N-dealkylation sites (tertiary alicyclic amines) is 1. The summed E-state index contributed by atoms with van der Waals surface area (Å²) in [6.45, 7) is 3.32. The number of nitrogens with zero attached hydrogens (tertiary/aromatic N) is 2. The Balaban J connectivity index is 1.49. The van der Waals surface area contributed by atoms with Crippen LogP contribution in [0.5, 0.6) is 0 Å². The topological polar surface area (TPSA) is 48.4 Å². The first-order chi connectivity index (χ1) is 11.3. The van der Waals surface area contributed by atoms with Gasteiger partial charge in [-0.1, -0.05) is 30.3 Å². The van der Waals surface area contributed by atoms with E-state index in [2.05, 4.69) is 39.5 Å². The molecule has 1 aromatic heterocycles. The maximum absolute atomic E-state index is 9.68. The van der Waals surface area contributed by atoms with Gasteiger partial charge in [0.25, 0.3) is 0 Å². The van der Waals surface area contributed by atoms with Crippen LogP contribution in [0.15, 0.2) is 54.9 Å². The minimum Gasteiger partial charge on any atom is -0.394 e. The third-order valence-electron chi connectivity index (χ3n) is 4.56. The van der Waals surface area contributed by atoms with E-state index in [-0.39, 0.29) is 12.6 Å². The van der Waals surface area contributed by atoms with Gasteiger partial charge in [0, 0.05) is 25.0 Å². The fourth-order valence-corrected chi connectivity index (χ4v) is 3.23. The highest BCUT2D eigenvalue weighted by Crippen LogP contribution is 2.18. The molecule has 0 spiro atoms. The molecule has 122 valence electrons. The zero-order valence-electron chi connectivity index (χ0n) is 13.4. The highest BCUT2D eigenvalue weighted by Gasteiger charge is 2.22. The molecule has 1 aliphatic heterocycles. The third kappa shape index (κ3) is 4.61. The largest absolute Gasteiger partial charge is 0.394 e. The Morgan fingerprint density at radius 1 is 1.09 bits per heavy atom. The van der Waals surface area contributed by atoms with Crippen molar-refractivity contribution in [1.29, 1.82) is 0 Å². The minimum atomic E-state index is 0.0351. The van der Waals surface area contributed by atoms with E-state index in [9.17, 15) is 5.11 Å². The Morgan fingerprint density at radius 3 is 2.43 bits per heavy atom. The van der Waals surface area contributed by atoms with Gasteiger partial charge in [-0.2, -0.15) is 0 Å². The van der Waals surface area contributed by atoms with Crippen LogP contribution in [0.4, 0.5) is 0 Å². The van der Waals surface area contributed by atoms with E-state index in [1.54, 1.807) is 0 Å². The van der Waals surface area contributed by atoms with Crippen LogP contribution < -0.4 is 5.32 Å². The molecule has 3 rings (SSSR count). The van der Waals surface area contributed by atoms with Gasteiger partial charge in [-0.05, 0) is 49.2 Å². The summed E-state index contributed by atoms with van der Waals surface area (Å²) in [7, 11) is 0. The van der Waals surface area contributed by atoms with Gasteiger partial charge in [0.2, 0.25) is 0 Å². The summed E-state index contributed by atoms with van der Waals surface area (Å²) in [6.07, 6.45) is 5.95. The molecule has 1 unspecified atom stereocenters. The number of rotatable bonds is 6. The lowest BCUT2D eigenvalue weighted by Gasteiger charge is -2.34. The normalized spacial score (nSPS) is 18.0. The summed E-state index contributed by atoms with van der Waals surface area (Å²) in [4.78, 5) is 6.56. The van der Waals surface area contributed by atoms with E-state index >= 15 is 0 Å². The molecule has 0 saturated carbocycles. The molecule has 1 atom stereocenters. The molecule has 0 bridgehead atoms. The van der Waals surface area contributed by atoms with Crippen molar-refractivity contribution in [2.24, 2.45) is 0 Å². The average Bonchev–Trinajstić information content (AvgIpc) is 2.63. The van der Waals surface area contributed by atoms with Crippen molar-refractivity contribution in [3.05, 3.63) is 66.0 Å². The van der Waals surface area contributed by atoms with E-state index in [1.165, 1.54) is 5.56 Å². The second-order valence-corrected chi connectivity index (χ2v) is 6.22. The summed E-state index contributed by atoms with van der Waals surface area (Å²) in [5, 5.41) is 13.3. The van der Waals surface area contributed by atoms with Crippen LogP contribution >= 0.6 is 0 Å². The van der Waals surface area contributed by atoms with Gasteiger partial charge in [0.1, 0.15) is 0 Å². The molecule has 2 heterocycles. The number of hydrogen-bond donors (Lipinski definition) is 2. The molecule has 4 heteroatoms. The monoisotopic (exact) mass is 311 g/mol. The molecule has 23 heavy (non-hydrogen) atoms.